The van der Waals surface area contributed by atoms with Gasteiger partial charge in [0.1, 0.15) is 0 Å². The van der Waals surface area contributed by atoms with Gasteiger partial charge in [-0.15, -0.1) is 0 Å². The van der Waals surface area contributed by atoms with E-state index in [1.165, 1.54) is 18.7 Å². The van der Waals surface area contributed by atoms with Crippen molar-refractivity contribution in [3.8, 4) is 5.75 Å². The minimum absolute atomic E-state index is 0.0151. The second-order valence-electron chi connectivity index (χ2n) is 9.54. The Morgan fingerprint density at radius 1 is 1.17 bits per heavy atom. The number of ether oxygens (including phenoxy) is 1. The molecule has 0 heterocycles. The molecule has 1 fully saturated rings. The van der Waals surface area contributed by atoms with Gasteiger partial charge in [-0.05, 0) is 73.1 Å². The summed E-state index contributed by atoms with van der Waals surface area (Å²) in [5, 5.41) is 20.5. The predicted molar refractivity (Wildman–Crippen MR) is 132 cm³/mol. The highest BCUT2D eigenvalue weighted by Gasteiger charge is 2.27. The number of ketones is 1. The first kappa shape index (κ1) is 26.8. The lowest BCUT2D eigenvalue weighted by atomic mass is 9.87. The van der Waals surface area contributed by atoms with Crippen molar-refractivity contribution in [1.82, 2.24) is 5.32 Å². The number of benzene rings is 2. The molecule has 3 rings (SSSR count). The van der Waals surface area contributed by atoms with Gasteiger partial charge in [-0.2, -0.15) is 0 Å². The molecule has 7 heteroatoms. The van der Waals surface area contributed by atoms with Crippen LogP contribution in [0.4, 0.5) is 4.39 Å². The fraction of sp³-hybridized carbons (Fsp3) is 0.500. The zero-order valence-electron chi connectivity index (χ0n) is 20.5. The van der Waals surface area contributed by atoms with Crippen molar-refractivity contribution in [2.24, 2.45) is 5.92 Å². The zero-order chi connectivity index (χ0) is 25.4. The number of aliphatic hydroxyl groups excluding tert-OH is 2. The van der Waals surface area contributed by atoms with E-state index in [1.807, 2.05) is 30.3 Å². The summed E-state index contributed by atoms with van der Waals surface area (Å²) in [4.78, 5) is 23.9. The van der Waals surface area contributed by atoms with Crippen LogP contribution in [0.15, 0.2) is 42.5 Å². The lowest BCUT2D eigenvalue weighted by Crippen LogP contribution is -2.37. The number of hydrogen-bond donors (Lipinski definition) is 3. The molecular weight excluding hydrogens is 449 g/mol. The van der Waals surface area contributed by atoms with Crippen molar-refractivity contribution in [3.05, 3.63) is 65.0 Å². The highest BCUT2D eigenvalue weighted by Crippen LogP contribution is 2.42. The largest absolute Gasteiger partial charge is 0.494 e. The minimum Gasteiger partial charge on any atom is -0.494 e. The van der Waals surface area contributed by atoms with Gasteiger partial charge in [0.05, 0.1) is 13.7 Å². The van der Waals surface area contributed by atoms with Gasteiger partial charge in [0.25, 0.3) is 5.91 Å². The number of nitrogens with one attached hydrogen (secondary N) is 1. The summed E-state index contributed by atoms with van der Waals surface area (Å²) in [6, 6.07) is 13.0. The van der Waals surface area contributed by atoms with E-state index in [9.17, 15) is 19.1 Å². The van der Waals surface area contributed by atoms with Crippen LogP contribution in [-0.4, -0.2) is 48.3 Å². The molecule has 3 N–H and O–H groups in total. The van der Waals surface area contributed by atoms with E-state index in [0.717, 1.165) is 31.2 Å². The van der Waals surface area contributed by atoms with Gasteiger partial charge in [-0.1, -0.05) is 37.3 Å². The molecule has 0 radical (unpaired) electrons. The van der Waals surface area contributed by atoms with Crippen LogP contribution in [-0.2, 0) is 4.79 Å². The number of amides is 1. The Balaban J connectivity index is 1.46. The molecule has 0 bridgehead atoms. The maximum Gasteiger partial charge on any atom is 0.251 e. The van der Waals surface area contributed by atoms with Crippen LogP contribution < -0.4 is 10.1 Å². The van der Waals surface area contributed by atoms with Crippen LogP contribution in [0.5, 0.6) is 5.75 Å². The second-order valence-corrected chi connectivity index (χ2v) is 9.54. The van der Waals surface area contributed by atoms with Crippen molar-refractivity contribution < 1.29 is 28.9 Å². The summed E-state index contributed by atoms with van der Waals surface area (Å²) in [5.74, 6) is 0.742. The Labute approximate surface area is 206 Å². The Kier molecular flexibility index (Phi) is 9.81. The normalized spacial score (nSPS) is 19.2. The molecule has 35 heavy (non-hydrogen) atoms. The van der Waals surface area contributed by atoms with Crippen LogP contribution in [0.3, 0.4) is 0 Å². The zero-order valence-corrected chi connectivity index (χ0v) is 20.5. The van der Waals surface area contributed by atoms with Crippen molar-refractivity contribution in [2.45, 2.75) is 63.4 Å². The van der Waals surface area contributed by atoms with Crippen LogP contribution in [0, 0.1) is 11.7 Å². The van der Waals surface area contributed by atoms with E-state index < -0.39 is 18.6 Å². The fourth-order valence-electron chi connectivity index (χ4n) is 4.96. The average Bonchev–Trinajstić information content (AvgIpc) is 3.34. The summed E-state index contributed by atoms with van der Waals surface area (Å²) >= 11 is 0. The molecule has 4 atom stereocenters. The molecule has 1 saturated carbocycles. The molecule has 1 amide bonds. The summed E-state index contributed by atoms with van der Waals surface area (Å²) in [5.41, 5.74) is 3.01. The SMILES string of the molecule is COc1cc([C@@H](C)C[C@H]2CC[C@@H](c3ccc(C(=O)CCCNC(=O)C(O)CO)cc3)C2)ccc1F. The molecule has 1 aliphatic rings. The predicted octanol–water partition coefficient (Wildman–Crippen LogP) is 4.34. The highest BCUT2D eigenvalue weighted by molar-refractivity contribution is 5.96. The lowest BCUT2D eigenvalue weighted by Gasteiger charge is -2.18. The number of methoxy groups -OCH3 is 1. The third-order valence-electron chi connectivity index (χ3n) is 7.03. The summed E-state index contributed by atoms with van der Waals surface area (Å²) < 4.78 is 18.8. The van der Waals surface area contributed by atoms with Gasteiger partial charge >= 0.3 is 0 Å². The van der Waals surface area contributed by atoms with E-state index in [2.05, 4.69) is 12.2 Å². The van der Waals surface area contributed by atoms with Gasteiger partial charge in [0.15, 0.2) is 23.5 Å². The van der Waals surface area contributed by atoms with Crippen LogP contribution in [0.25, 0.3) is 0 Å². The number of halogens is 1. The molecule has 1 aliphatic carbocycles. The molecular formula is C28H36FNO5. The van der Waals surface area contributed by atoms with Gasteiger partial charge in [-0.3, -0.25) is 9.59 Å². The number of carbonyl (C=O) groups excluding carboxylic acids is 2. The van der Waals surface area contributed by atoms with Gasteiger partial charge in [-0.25, -0.2) is 4.39 Å². The third kappa shape index (κ3) is 7.36. The Hall–Kier alpha value is -2.77. The minimum atomic E-state index is -1.43. The van der Waals surface area contributed by atoms with Gasteiger partial charge < -0.3 is 20.3 Å². The maximum atomic E-state index is 13.7. The van der Waals surface area contributed by atoms with E-state index in [1.54, 1.807) is 6.07 Å². The Morgan fingerprint density at radius 2 is 1.91 bits per heavy atom. The Morgan fingerprint density at radius 3 is 2.60 bits per heavy atom. The first-order valence-corrected chi connectivity index (χ1v) is 12.4. The third-order valence-corrected chi connectivity index (χ3v) is 7.03. The second kappa shape index (κ2) is 12.8. The van der Waals surface area contributed by atoms with Gasteiger partial charge in [0, 0.05) is 18.5 Å². The van der Waals surface area contributed by atoms with E-state index in [4.69, 9.17) is 9.84 Å². The summed E-state index contributed by atoms with van der Waals surface area (Å²) in [6.07, 6.45) is 3.77. The van der Waals surface area contributed by atoms with Crippen molar-refractivity contribution >= 4 is 11.7 Å². The van der Waals surface area contributed by atoms with E-state index in [0.29, 0.717) is 41.9 Å². The molecule has 0 spiro atoms. The Bertz CT molecular complexity index is 993. The van der Waals surface area contributed by atoms with Crippen LogP contribution in [0.2, 0.25) is 0 Å². The van der Waals surface area contributed by atoms with Crippen LogP contribution >= 0.6 is 0 Å². The molecule has 0 saturated heterocycles. The molecule has 190 valence electrons. The topological polar surface area (TPSA) is 95.9 Å². The van der Waals surface area contributed by atoms with E-state index in [-0.39, 0.29) is 18.1 Å². The number of hydrogen-bond acceptors (Lipinski definition) is 5. The van der Waals surface area contributed by atoms with Crippen molar-refractivity contribution in [2.75, 3.05) is 20.3 Å². The molecule has 2 aromatic rings. The molecule has 0 aromatic heterocycles. The number of carbonyl (C=O) groups is 2. The van der Waals surface area contributed by atoms with Crippen molar-refractivity contribution in [1.29, 1.82) is 0 Å². The standard InChI is InChI=1S/C28H36FNO5/c1-18(22-11-12-24(29)27(16-22)35-2)14-19-5-6-23(15-19)20-7-9-21(10-8-20)25(32)4-3-13-30-28(34)26(33)17-31/h7-12,16,18-19,23,26,31,33H,3-6,13-15,17H2,1-2H3,(H,30,34)/t18-,19+,23+,26?/m0/s1. The first-order valence-electron chi connectivity index (χ1n) is 12.4. The number of Topliss-reactive ketones (excluding diaryl/α,β-unsaturated/α-hetero) is 1. The molecule has 6 nitrogen and oxygen atoms in total. The quantitative estimate of drug-likeness (QED) is 0.307. The maximum absolute atomic E-state index is 13.7. The van der Waals surface area contributed by atoms with E-state index >= 15 is 0 Å². The lowest BCUT2D eigenvalue weighted by molar-refractivity contribution is -0.131. The van der Waals surface area contributed by atoms with Gasteiger partial charge in [0.2, 0.25) is 0 Å². The van der Waals surface area contributed by atoms with Crippen LogP contribution in [0.1, 0.15) is 78.8 Å². The first-order chi connectivity index (χ1) is 16.8. The molecule has 0 aliphatic heterocycles. The van der Waals surface area contributed by atoms with Crippen molar-refractivity contribution in [3.63, 3.8) is 0 Å². The molecule has 2 aromatic carbocycles. The number of aliphatic hydroxyl groups is 2. The number of rotatable bonds is 12. The smallest absolute Gasteiger partial charge is 0.251 e. The summed E-state index contributed by atoms with van der Waals surface area (Å²) in [7, 11) is 1.49. The average molecular weight is 486 g/mol. The highest BCUT2D eigenvalue weighted by atomic mass is 19.1. The molecule has 1 unspecified atom stereocenters. The summed E-state index contributed by atoms with van der Waals surface area (Å²) in [6.45, 7) is 1.83. The monoisotopic (exact) mass is 485 g/mol. The fourth-order valence-corrected chi connectivity index (χ4v) is 4.96.